The molecule has 0 aliphatic carbocycles. The van der Waals surface area contributed by atoms with Crippen LogP contribution in [0.1, 0.15) is 29.8 Å². The molecule has 0 aromatic heterocycles. The predicted molar refractivity (Wildman–Crippen MR) is 122 cm³/mol. The lowest BCUT2D eigenvalue weighted by Crippen LogP contribution is -2.34. The molecule has 6 nitrogen and oxygen atoms in total. The van der Waals surface area contributed by atoms with Gasteiger partial charge < -0.3 is 13.8 Å². The second-order valence-corrected chi connectivity index (χ2v) is 9.45. The maximum Gasteiger partial charge on any atom is 0.306 e. The van der Waals surface area contributed by atoms with E-state index in [-0.39, 0.29) is 17.6 Å². The second kappa shape index (κ2) is 9.39. The number of rotatable bonds is 8. The van der Waals surface area contributed by atoms with Gasteiger partial charge in [-0.05, 0) is 40.5 Å². The number of fused-ring (bicyclic) bond motifs is 1. The van der Waals surface area contributed by atoms with Gasteiger partial charge in [0.15, 0.2) is 11.5 Å². The summed E-state index contributed by atoms with van der Waals surface area (Å²) in [7, 11) is -2.27. The third-order valence-electron chi connectivity index (χ3n) is 4.74. The molecule has 0 heterocycles. The quantitative estimate of drug-likeness (QED) is 0.482. The van der Waals surface area contributed by atoms with Gasteiger partial charge in [-0.15, -0.1) is 0 Å². The summed E-state index contributed by atoms with van der Waals surface area (Å²) in [6.45, 7) is 4.96. The Morgan fingerprint density at radius 2 is 1.71 bits per heavy atom. The van der Waals surface area contributed by atoms with Gasteiger partial charge in [0, 0.05) is 18.7 Å². The van der Waals surface area contributed by atoms with E-state index >= 15 is 0 Å². The Hall–Kier alpha value is -3.06. The average Bonchev–Trinajstić information content (AvgIpc) is 2.71. The van der Waals surface area contributed by atoms with Crippen molar-refractivity contribution in [1.82, 2.24) is 4.90 Å². The molecule has 1 amide bonds. The van der Waals surface area contributed by atoms with Crippen molar-refractivity contribution in [3.63, 3.8) is 0 Å². The highest BCUT2D eigenvalue weighted by molar-refractivity contribution is 7.86. The van der Waals surface area contributed by atoms with E-state index in [9.17, 15) is 13.2 Å². The number of hydrogen-bond acceptors (Lipinski definition) is 5. The molecule has 3 aromatic rings. The van der Waals surface area contributed by atoms with E-state index in [2.05, 4.69) is 13.8 Å². The minimum atomic E-state index is -3.72. The zero-order chi connectivity index (χ0) is 22.6. The molecular weight excluding hydrogens is 414 g/mol. The third-order valence-corrected chi connectivity index (χ3v) is 5.22. The van der Waals surface area contributed by atoms with Crippen molar-refractivity contribution in [1.29, 1.82) is 0 Å². The Morgan fingerprint density at radius 1 is 1.00 bits per heavy atom. The number of benzene rings is 3. The van der Waals surface area contributed by atoms with Crippen LogP contribution in [0.4, 0.5) is 0 Å². The normalized spacial score (nSPS) is 11.5. The van der Waals surface area contributed by atoms with Gasteiger partial charge in [-0.1, -0.05) is 56.3 Å². The zero-order valence-electron chi connectivity index (χ0n) is 18.2. The van der Waals surface area contributed by atoms with E-state index < -0.39 is 10.1 Å². The second-order valence-electron chi connectivity index (χ2n) is 7.88. The average molecular weight is 442 g/mol. The van der Waals surface area contributed by atoms with Crippen LogP contribution in [-0.4, -0.2) is 39.1 Å². The Labute approximate surface area is 183 Å². The molecule has 0 aliphatic rings. The Balaban J connectivity index is 1.96. The molecular formula is C24H27NO5S. The summed E-state index contributed by atoms with van der Waals surface area (Å²) < 4.78 is 33.5. The van der Waals surface area contributed by atoms with Gasteiger partial charge in [0.25, 0.3) is 5.91 Å². The number of hydrogen-bond donors (Lipinski definition) is 0. The summed E-state index contributed by atoms with van der Waals surface area (Å²) in [5.74, 6) is 0.588. The lowest BCUT2D eigenvalue weighted by Gasteiger charge is -2.26. The maximum absolute atomic E-state index is 13.5. The van der Waals surface area contributed by atoms with E-state index in [4.69, 9.17) is 8.92 Å². The van der Waals surface area contributed by atoms with Crippen molar-refractivity contribution < 1.29 is 22.1 Å². The fourth-order valence-corrected chi connectivity index (χ4v) is 3.97. The molecule has 0 unspecified atom stereocenters. The van der Waals surface area contributed by atoms with Crippen LogP contribution < -0.4 is 8.92 Å². The fourth-order valence-electron chi connectivity index (χ4n) is 3.51. The molecule has 0 atom stereocenters. The van der Waals surface area contributed by atoms with Crippen LogP contribution in [0.3, 0.4) is 0 Å². The number of nitrogens with zero attached hydrogens (tertiary/aromatic N) is 1. The molecule has 0 saturated heterocycles. The summed E-state index contributed by atoms with van der Waals surface area (Å²) in [4.78, 5) is 15.3. The van der Waals surface area contributed by atoms with E-state index in [1.165, 1.54) is 7.11 Å². The van der Waals surface area contributed by atoms with Crippen molar-refractivity contribution in [3.05, 3.63) is 71.8 Å². The standard InChI is InChI=1S/C24H27NO5S/c1-17(2)15-25(24(26)21-11-7-9-19-8-5-6-10-20(19)21)16-18-12-13-22(29-3)23(14-18)30-31(4,27)28/h5-14,17H,15-16H2,1-4H3. The van der Waals surface area contributed by atoms with Crippen LogP contribution in [0.2, 0.25) is 0 Å². The number of methoxy groups -OCH3 is 1. The maximum atomic E-state index is 13.5. The van der Waals surface area contributed by atoms with Crippen LogP contribution in [0.5, 0.6) is 11.5 Å². The first-order valence-corrected chi connectivity index (χ1v) is 11.8. The summed E-state index contributed by atoms with van der Waals surface area (Å²) in [5, 5.41) is 1.91. The molecule has 0 N–H and O–H groups in total. The van der Waals surface area contributed by atoms with Gasteiger partial charge >= 0.3 is 10.1 Å². The predicted octanol–water partition coefficient (Wildman–Crippen LogP) is 4.49. The van der Waals surface area contributed by atoms with Gasteiger partial charge in [0.1, 0.15) is 0 Å². The summed E-state index contributed by atoms with van der Waals surface area (Å²) in [6, 6.07) is 18.6. The fraction of sp³-hybridized carbons (Fsp3) is 0.292. The van der Waals surface area contributed by atoms with Gasteiger partial charge in [0.2, 0.25) is 0 Å². The first-order valence-electron chi connectivity index (χ1n) is 10.0. The van der Waals surface area contributed by atoms with Crippen molar-refractivity contribution in [2.75, 3.05) is 19.9 Å². The van der Waals surface area contributed by atoms with E-state index in [1.807, 2.05) is 42.5 Å². The molecule has 0 spiro atoms. The SMILES string of the molecule is COc1ccc(CN(CC(C)C)C(=O)c2cccc3ccccc23)cc1OS(C)(=O)=O. The Kier molecular flexibility index (Phi) is 6.85. The molecule has 0 bridgehead atoms. The number of carbonyl (C=O) groups is 1. The van der Waals surface area contributed by atoms with E-state index in [0.717, 1.165) is 22.6 Å². The first-order chi connectivity index (χ1) is 14.7. The lowest BCUT2D eigenvalue weighted by atomic mass is 10.0. The molecule has 7 heteroatoms. The van der Waals surface area contributed by atoms with Crippen molar-refractivity contribution >= 4 is 26.8 Å². The van der Waals surface area contributed by atoms with Gasteiger partial charge in [-0.2, -0.15) is 8.42 Å². The molecule has 3 rings (SSSR count). The van der Waals surface area contributed by atoms with Crippen LogP contribution in [0.25, 0.3) is 10.8 Å². The largest absolute Gasteiger partial charge is 0.493 e. The number of ether oxygens (including phenoxy) is 1. The van der Waals surface area contributed by atoms with Crippen LogP contribution in [0.15, 0.2) is 60.7 Å². The van der Waals surface area contributed by atoms with Gasteiger partial charge in [0.05, 0.1) is 13.4 Å². The van der Waals surface area contributed by atoms with Crippen LogP contribution >= 0.6 is 0 Å². The highest BCUT2D eigenvalue weighted by atomic mass is 32.2. The van der Waals surface area contributed by atoms with Gasteiger partial charge in [-0.25, -0.2) is 0 Å². The van der Waals surface area contributed by atoms with Crippen molar-refractivity contribution in [2.45, 2.75) is 20.4 Å². The van der Waals surface area contributed by atoms with Crippen molar-refractivity contribution in [2.24, 2.45) is 5.92 Å². The smallest absolute Gasteiger partial charge is 0.306 e. The highest BCUT2D eigenvalue weighted by Crippen LogP contribution is 2.30. The molecule has 31 heavy (non-hydrogen) atoms. The molecule has 0 radical (unpaired) electrons. The summed E-state index contributed by atoms with van der Waals surface area (Å²) in [6.07, 6.45) is 0.980. The van der Waals surface area contributed by atoms with Crippen LogP contribution in [-0.2, 0) is 16.7 Å². The minimum absolute atomic E-state index is 0.0769. The topological polar surface area (TPSA) is 72.9 Å². The molecule has 0 saturated carbocycles. The summed E-state index contributed by atoms with van der Waals surface area (Å²) >= 11 is 0. The third kappa shape index (κ3) is 5.76. The lowest BCUT2D eigenvalue weighted by molar-refractivity contribution is 0.0724. The van der Waals surface area contributed by atoms with Gasteiger partial charge in [-0.3, -0.25) is 4.79 Å². The zero-order valence-corrected chi connectivity index (χ0v) is 19.0. The Bertz CT molecular complexity index is 1180. The molecule has 3 aromatic carbocycles. The molecule has 0 aliphatic heterocycles. The monoisotopic (exact) mass is 441 g/mol. The molecule has 164 valence electrons. The summed E-state index contributed by atoms with van der Waals surface area (Å²) in [5.41, 5.74) is 1.38. The molecule has 0 fully saturated rings. The Morgan fingerprint density at radius 3 is 2.39 bits per heavy atom. The number of amides is 1. The first kappa shape index (κ1) is 22.6. The van der Waals surface area contributed by atoms with Crippen molar-refractivity contribution in [3.8, 4) is 11.5 Å². The van der Waals surface area contributed by atoms with E-state index in [0.29, 0.717) is 24.4 Å². The minimum Gasteiger partial charge on any atom is -0.493 e. The van der Waals surface area contributed by atoms with E-state index in [1.54, 1.807) is 23.1 Å². The highest BCUT2D eigenvalue weighted by Gasteiger charge is 2.20. The number of carbonyl (C=O) groups excluding carboxylic acids is 1. The van der Waals surface area contributed by atoms with Crippen LogP contribution in [0, 0.1) is 5.92 Å².